The maximum Gasteiger partial charge on any atom is 0.253 e. The fourth-order valence-corrected chi connectivity index (χ4v) is 2.88. The fraction of sp³-hybridized carbons (Fsp3) is 0.263. The van der Waals surface area contributed by atoms with Crippen LogP contribution in [-0.2, 0) is 4.79 Å². The van der Waals surface area contributed by atoms with Gasteiger partial charge in [0.15, 0.2) is 0 Å². The SMILES string of the molecule is CCC(C)NC(=O)c1ccccc1NC(=O)CSc1ccc(Cl)cc1. The molecule has 132 valence electrons. The zero-order valence-electron chi connectivity index (χ0n) is 14.2. The molecule has 1 unspecified atom stereocenters. The van der Waals surface area contributed by atoms with E-state index in [0.29, 0.717) is 16.3 Å². The van der Waals surface area contributed by atoms with Gasteiger partial charge in [-0.3, -0.25) is 9.59 Å². The molecule has 0 aliphatic carbocycles. The Morgan fingerprint density at radius 2 is 1.80 bits per heavy atom. The van der Waals surface area contributed by atoms with E-state index in [1.165, 1.54) is 11.8 Å². The van der Waals surface area contributed by atoms with Crippen molar-refractivity contribution < 1.29 is 9.59 Å². The van der Waals surface area contributed by atoms with E-state index in [4.69, 9.17) is 11.6 Å². The number of halogens is 1. The largest absolute Gasteiger partial charge is 0.350 e. The van der Waals surface area contributed by atoms with Crippen LogP contribution in [0, 0.1) is 0 Å². The van der Waals surface area contributed by atoms with E-state index in [0.717, 1.165) is 11.3 Å². The molecule has 0 aromatic heterocycles. The molecular weight excluding hydrogens is 356 g/mol. The summed E-state index contributed by atoms with van der Waals surface area (Å²) in [6.07, 6.45) is 0.845. The Hall–Kier alpha value is -1.98. The lowest BCUT2D eigenvalue weighted by atomic mass is 10.1. The summed E-state index contributed by atoms with van der Waals surface area (Å²) in [5.41, 5.74) is 0.984. The molecule has 0 bridgehead atoms. The summed E-state index contributed by atoms with van der Waals surface area (Å²) in [5, 5.41) is 6.39. The van der Waals surface area contributed by atoms with Gasteiger partial charge in [0.25, 0.3) is 5.91 Å². The summed E-state index contributed by atoms with van der Waals surface area (Å²) < 4.78 is 0. The highest BCUT2D eigenvalue weighted by molar-refractivity contribution is 8.00. The molecular formula is C19H21ClN2O2S. The van der Waals surface area contributed by atoms with Gasteiger partial charge in [0.05, 0.1) is 17.0 Å². The smallest absolute Gasteiger partial charge is 0.253 e. The average molecular weight is 377 g/mol. The van der Waals surface area contributed by atoms with Gasteiger partial charge in [0.1, 0.15) is 0 Å². The van der Waals surface area contributed by atoms with E-state index in [1.807, 2.05) is 26.0 Å². The predicted octanol–water partition coefficient (Wildman–Crippen LogP) is 4.60. The van der Waals surface area contributed by atoms with Crippen molar-refractivity contribution in [2.24, 2.45) is 0 Å². The minimum absolute atomic E-state index is 0.0803. The third-order valence-electron chi connectivity index (χ3n) is 3.62. The van der Waals surface area contributed by atoms with Crippen LogP contribution in [0.5, 0.6) is 0 Å². The molecule has 0 aliphatic heterocycles. The topological polar surface area (TPSA) is 58.2 Å². The van der Waals surface area contributed by atoms with E-state index >= 15 is 0 Å². The number of carbonyl (C=O) groups excluding carboxylic acids is 2. The normalized spacial score (nSPS) is 11.6. The zero-order chi connectivity index (χ0) is 18.2. The second kappa shape index (κ2) is 9.49. The molecule has 0 aliphatic rings. The molecule has 2 aromatic rings. The second-order valence-corrected chi connectivity index (χ2v) is 7.10. The Bertz CT molecular complexity index is 734. The van der Waals surface area contributed by atoms with Gasteiger partial charge in [-0.25, -0.2) is 0 Å². The number of thioether (sulfide) groups is 1. The van der Waals surface area contributed by atoms with Gasteiger partial charge >= 0.3 is 0 Å². The first-order valence-electron chi connectivity index (χ1n) is 8.07. The Kier molecular flexibility index (Phi) is 7.34. The molecule has 0 heterocycles. The average Bonchev–Trinajstić information content (AvgIpc) is 2.61. The van der Waals surface area contributed by atoms with E-state index < -0.39 is 0 Å². The van der Waals surface area contributed by atoms with Crippen molar-refractivity contribution in [1.82, 2.24) is 5.32 Å². The molecule has 4 nitrogen and oxygen atoms in total. The number of hydrogen-bond donors (Lipinski definition) is 2. The minimum Gasteiger partial charge on any atom is -0.350 e. The summed E-state index contributed by atoms with van der Waals surface area (Å²) in [4.78, 5) is 25.5. The first-order valence-corrected chi connectivity index (χ1v) is 9.44. The fourth-order valence-electron chi connectivity index (χ4n) is 2.06. The number of carbonyl (C=O) groups is 2. The highest BCUT2D eigenvalue weighted by Crippen LogP contribution is 2.21. The molecule has 6 heteroatoms. The van der Waals surface area contributed by atoms with Crippen LogP contribution in [0.25, 0.3) is 0 Å². The molecule has 0 fully saturated rings. The standard InChI is InChI=1S/C19H21ClN2O2S/c1-3-13(2)21-19(24)16-6-4-5-7-17(16)22-18(23)12-25-15-10-8-14(20)9-11-15/h4-11,13H,3,12H2,1-2H3,(H,21,24)(H,22,23). The van der Waals surface area contributed by atoms with Crippen LogP contribution in [0.2, 0.25) is 5.02 Å². The highest BCUT2D eigenvalue weighted by Gasteiger charge is 2.14. The first-order chi connectivity index (χ1) is 12.0. The van der Waals surface area contributed by atoms with Gasteiger partial charge in [0, 0.05) is 16.0 Å². The Labute approximate surface area is 157 Å². The van der Waals surface area contributed by atoms with Gasteiger partial charge in [-0.1, -0.05) is 30.7 Å². The molecule has 25 heavy (non-hydrogen) atoms. The zero-order valence-corrected chi connectivity index (χ0v) is 15.8. The molecule has 0 saturated heterocycles. The molecule has 2 N–H and O–H groups in total. The van der Waals surface area contributed by atoms with Crippen LogP contribution < -0.4 is 10.6 Å². The number of para-hydroxylation sites is 1. The molecule has 0 radical (unpaired) electrons. The van der Waals surface area contributed by atoms with Crippen molar-refractivity contribution >= 4 is 40.9 Å². The molecule has 0 spiro atoms. The number of amides is 2. The number of hydrogen-bond acceptors (Lipinski definition) is 3. The number of anilines is 1. The first kappa shape index (κ1) is 19.3. The van der Waals surface area contributed by atoms with Crippen molar-refractivity contribution in [3.8, 4) is 0 Å². The Morgan fingerprint density at radius 1 is 1.12 bits per heavy atom. The monoisotopic (exact) mass is 376 g/mol. The summed E-state index contributed by atoms with van der Waals surface area (Å²) in [7, 11) is 0. The summed E-state index contributed by atoms with van der Waals surface area (Å²) >= 11 is 7.26. The van der Waals surface area contributed by atoms with Crippen molar-refractivity contribution in [2.45, 2.75) is 31.2 Å². The Morgan fingerprint density at radius 3 is 2.48 bits per heavy atom. The van der Waals surface area contributed by atoms with Crippen molar-refractivity contribution in [2.75, 3.05) is 11.1 Å². The quantitative estimate of drug-likeness (QED) is 0.694. The van der Waals surface area contributed by atoms with Gasteiger partial charge in [-0.05, 0) is 49.7 Å². The van der Waals surface area contributed by atoms with Crippen molar-refractivity contribution in [3.63, 3.8) is 0 Å². The maximum absolute atomic E-state index is 12.3. The lowest BCUT2D eigenvalue weighted by molar-refractivity contribution is -0.113. The summed E-state index contributed by atoms with van der Waals surface area (Å²) in [6.45, 7) is 3.95. The van der Waals surface area contributed by atoms with Crippen molar-refractivity contribution in [3.05, 3.63) is 59.1 Å². The molecule has 0 saturated carbocycles. The summed E-state index contributed by atoms with van der Waals surface area (Å²) in [5.74, 6) is -0.0949. The lowest BCUT2D eigenvalue weighted by Gasteiger charge is -2.14. The van der Waals surface area contributed by atoms with Crippen LogP contribution in [0.4, 0.5) is 5.69 Å². The van der Waals surface area contributed by atoms with E-state index in [-0.39, 0.29) is 23.6 Å². The number of benzene rings is 2. The van der Waals surface area contributed by atoms with Crippen molar-refractivity contribution in [1.29, 1.82) is 0 Å². The van der Waals surface area contributed by atoms with E-state index in [2.05, 4.69) is 10.6 Å². The third kappa shape index (κ3) is 6.11. The lowest BCUT2D eigenvalue weighted by Crippen LogP contribution is -2.32. The predicted molar refractivity (Wildman–Crippen MR) is 104 cm³/mol. The van der Waals surface area contributed by atoms with Gasteiger partial charge < -0.3 is 10.6 Å². The number of nitrogens with one attached hydrogen (secondary N) is 2. The number of rotatable bonds is 7. The molecule has 2 rings (SSSR count). The van der Waals surface area contributed by atoms with E-state index in [1.54, 1.807) is 36.4 Å². The second-order valence-electron chi connectivity index (χ2n) is 5.62. The van der Waals surface area contributed by atoms with Crippen LogP contribution in [0.15, 0.2) is 53.4 Å². The van der Waals surface area contributed by atoms with Gasteiger partial charge in [-0.15, -0.1) is 11.8 Å². The minimum atomic E-state index is -0.185. The van der Waals surface area contributed by atoms with Crippen LogP contribution >= 0.6 is 23.4 Å². The van der Waals surface area contributed by atoms with Crippen LogP contribution in [-0.4, -0.2) is 23.6 Å². The molecule has 2 aromatic carbocycles. The molecule has 2 amide bonds. The van der Waals surface area contributed by atoms with Gasteiger partial charge in [0.2, 0.25) is 5.91 Å². The highest BCUT2D eigenvalue weighted by atomic mass is 35.5. The molecule has 1 atom stereocenters. The van der Waals surface area contributed by atoms with Crippen LogP contribution in [0.1, 0.15) is 30.6 Å². The van der Waals surface area contributed by atoms with Crippen LogP contribution in [0.3, 0.4) is 0 Å². The maximum atomic E-state index is 12.3. The van der Waals surface area contributed by atoms with E-state index in [9.17, 15) is 9.59 Å². The van der Waals surface area contributed by atoms with Gasteiger partial charge in [-0.2, -0.15) is 0 Å². The summed E-state index contributed by atoms with van der Waals surface area (Å²) in [6, 6.07) is 14.4. The third-order valence-corrected chi connectivity index (χ3v) is 4.88. The Balaban J connectivity index is 1.98.